The maximum absolute atomic E-state index is 11.6. The van der Waals surface area contributed by atoms with E-state index in [1.807, 2.05) is 49.4 Å². The van der Waals surface area contributed by atoms with Crippen molar-refractivity contribution in [2.45, 2.75) is 25.4 Å². The Kier molecular flexibility index (Phi) is 9.95. The predicted octanol–water partition coefficient (Wildman–Crippen LogP) is 2.92. The van der Waals surface area contributed by atoms with Gasteiger partial charge in [0.25, 0.3) is 0 Å². The van der Waals surface area contributed by atoms with Crippen molar-refractivity contribution in [1.82, 2.24) is 0 Å². The molecule has 0 aliphatic rings. The van der Waals surface area contributed by atoms with Crippen LogP contribution in [-0.2, 0) is 23.7 Å². The Morgan fingerprint density at radius 1 is 1.13 bits per heavy atom. The molecule has 0 unspecified atom stereocenters. The molecule has 0 saturated carbocycles. The molecule has 0 heterocycles. The number of hydrogen-bond donors (Lipinski definition) is 0. The second-order valence-corrected chi connectivity index (χ2v) is 5.07. The summed E-state index contributed by atoms with van der Waals surface area (Å²) in [5.74, 6) is -0.274. The highest BCUT2D eigenvalue weighted by Crippen LogP contribution is 2.22. The van der Waals surface area contributed by atoms with E-state index in [9.17, 15) is 4.79 Å². The van der Waals surface area contributed by atoms with Crippen LogP contribution in [0.3, 0.4) is 0 Å². The predicted molar refractivity (Wildman–Crippen MR) is 88.2 cm³/mol. The number of hydrogen-bond acceptors (Lipinski definition) is 5. The van der Waals surface area contributed by atoms with Crippen molar-refractivity contribution in [2.75, 3.05) is 34.2 Å². The molecule has 1 aromatic rings. The molecule has 23 heavy (non-hydrogen) atoms. The van der Waals surface area contributed by atoms with E-state index in [4.69, 9.17) is 18.9 Å². The first-order valence-electron chi connectivity index (χ1n) is 7.65. The number of benzene rings is 1. The van der Waals surface area contributed by atoms with Gasteiger partial charge >= 0.3 is 5.97 Å². The highest BCUT2D eigenvalue weighted by molar-refractivity contribution is 5.70. The summed E-state index contributed by atoms with van der Waals surface area (Å²) >= 11 is 0. The number of carbonyl (C=O) groups is 1. The second kappa shape index (κ2) is 11.8. The van der Waals surface area contributed by atoms with Crippen molar-refractivity contribution < 1.29 is 23.7 Å². The first kappa shape index (κ1) is 19.4. The molecule has 0 radical (unpaired) electrons. The van der Waals surface area contributed by atoms with Gasteiger partial charge in [0.1, 0.15) is 6.79 Å². The largest absolute Gasteiger partial charge is 0.469 e. The number of rotatable bonds is 11. The summed E-state index contributed by atoms with van der Waals surface area (Å²) in [6.45, 7) is 3.18. The van der Waals surface area contributed by atoms with Crippen LogP contribution in [0.1, 0.15) is 24.8 Å². The average molecular weight is 322 g/mol. The molecular weight excluding hydrogens is 296 g/mol. The van der Waals surface area contributed by atoms with E-state index >= 15 is 0 Å². The average Bonchev–Trinajstić information content (AvgIpc) is 2.58. The van der Waals surface area contributed by atoms with E-state index in [0.717, 1.165) is 5.56 Å². The van der Waals surface area contributed by atoms with Gasteiger partial charge in [-0.15, -0.1) is 0 Å². The highest BCUT2D eigenvalue weighted by atomic mass is 16.7. The van der Waals surface area contributed by atoms with Crippen LogP contribution in [0, 0.1) is 0 Å². The highest BCUT2D eigenvalue weighted by Gasteiger charge is 2.13. The SMILES string of the molecule is COCCOCO[C@@H](C)/C=C/[C@@H](CC(=O)OC)c1ccccc1. The second-order valence-electron chi connectivity index (χ2n) is 5.07. The monoisotopic (exact) mass is 322 g/mol. The smallest absolute Gasteiger partial charge is 0.306 e. The fraction of sp³-hybridized carbons (Fsp3) is 0.500. The lowest BCUT2D eigenvalue weighted by Gasteiger charge is -2.14. The Morgan fingerprint density at radius 3 is 2.52 bits per heavy atom. The van der Waals surface area contributed by atoms with Crippen molar-refractivity contribution in [3.05, 3.63) is 48.0 Å². The molecule has 5 heteroatoms. The van der Waals surface area contributed by atoms with Crippen LogP contribution in [0.15, 0.2) is 42.5 Å². The molecule has 0 aliphatic carbocycles. The number of allylic oxidation sites excluding steroid dienone is 1. The van der Waals surface area contributed by atoms with Crippen LogP contribution < -0.4 is 0 Å². The fourth-order valence-corrected chi connectivity index (χ4v) is 1.96. The van der Waals surface area contributed by atoms with Gasteiger partial charge in [-0.25, -0.2) is 0 Å². The van der Waals surface area contributed by atoms with Crippen molar-refractivity contribution >= 4 is 5.97 Å². The van der Waals surface area contributed by atoms with Gasteiger partial charge in [-0.05, 0) is 12.5 Å². The van der Waals surface area contributed by atoms with E-state index in [2.05, 4.69) is 0 Å². The Bertz CT molecular complexity index is 458. The number of ether oxygens (including phenoxy) is 4. The van der Waals surface area contributed by atoms with Gasteiger partial charge in [0.15, 0.2) is 0 Å². The summed E-state index contributed by atoms with van der Waals surface area (Å²) in [5.41, 5.74) is 1.07. The van der Waals surface area contributed by atoms with Gasteiger partial charge in [-0.2, -0.15) is 0 Å². The molecule has 0 saturated heterocycles. The molecule has 1 aromatic carbocycles. The van der Waals surface area contributed by atoms with Gasteiger partial charge in [0.05, 0.1) is 32.8 Å². The van der Waals surface area contributed by atoms with Crippen LogP contribution in [0.4, 0.5) is 0 Å². The quantitative estimate of drug-likeness (QED) is 0.271. The molecule has 0 aliphatic heterocycles. The zero-order chi connectivity index (χ0) is 16.9. The molecule has 0 N–H and O–H groups in total. The maximum Gasteiger partial charge on any atom is 0.306 e. The van der Waals surface area contributed by atoms with Crippen LogP contribution in [0.5, 0.6) is 0 Å². The normalized spacial score (nSPS) is 13.9. The molecule has 0 fully saturated rings. The first-order valence-corrected chi connectivity index (χ1v) is 7.65. The lowest BCUT2D eigenvalue weighted by Crippen LogP contribution is -2.12. The minimum atomic E-state index is -0.236. The van der Waals surface area contributed by atoms with Gasteiger partial charge < -0.3 is 18.9 Å². The van der Waals surface area contributed by atoms with Gasteiger partial charge in [-0.3, -0.25) is 4.79 Å². The molecule has 0 aromatic heterocycles. The third-order valence-electron chi connectivity index (χ3n) is 3.30. The Morgan fingerprint density at radius 2 is 1.87 bits per heavy atom. The molecular formula is C18H26O5. The lowest BCUT2D eigenvalue weighted by molar-refractivity contribution is -0.140. The van der Waals surface area contributed by atoms with E-state index in [-0.39, 0.29) is 24.8 Å². The van der Waals surface area contributed by atoms with Gasteiger partial charge in [0, 0.05) is 13.0 Å². The summed E-state index contributed by atoms with van der Waals surface area (Å²) in [6, 6.07) is 9.86. The summed E-state index contributed by atoms with van der Waals surface area (Å²) < 4.78 is 20.4. The molecule has 0 amide bonds. The van der Waals surface area contributed by atoms with Crippen LogP contribution in [0.25, 0.3) is 0 Å². The van der Waals surface area contributed by atoms with Crippen LogP contribution in [-0.4, -0.2) is 46.3 Å². The van der Waals surface area contributed by atoms with E-state index in [0.29, 0.717) is 19.6 Å². The molecule has 128 valence electrons. The Balaban J connectivity index is 2.53. The van der Waals surface area contributed by atoms with Crippen LogP contribution in [0.2, 0.25) is 0 Å². The summed E-state index contributed by atoms with van der Waals surface area (Å²) in [4.78, 5) is 11.6. The molecule has 0 bridgehead atoms. The van der Waals surface area contributed by atoms with Crippen molar-refractivity contribution in [1.29, 1.82) is 0 Å². The summed E-state index contributed by atoms with van der Waals surface area (Å²) in [7, 11) is 3.03. The van der Waals surface area contributed by atoms with Crippen LogP contribution >= 0.6 is 0 Å². The van der Waals surface area contributed by atoms with Gasteiger partial charge in [-0.1, -0.05) is 42.5 Å². The number of carbonyl (C=O) groups excluding carboxylic acids is 1. The van der Waals surface area contributed by atoms with Crippen molar-refractivity contribution in [3.63, 3.8) is 0 Å². The van der Waals surface area contributed by atoms with E-state index in [1.54, 1.807) is 7.11 Å². The number of esters is 1. The minimum absolute atomic E-state index is 0.0379. The topological polar surface area (TPSA) is 54.0 Å². The Labute approximate surface area is 138 Å². The molecule has 2 atom stereocenters. The standard InChI is InChI=1S/C18H26O5/c1-15(23-14-22-12-11-20-2)9-10-17(13-18(19)21-3)16-7-5-4-6-8-16/h4-10,15,17H,11-14H2,1-3H3/b10-9+/t15-,17-/m0/s1. The molecule has 5 nitrogen and oxygen atoms in total. The zero-order valence-corrected chi connectivity index (χ0v) is 14.1. The first-order chi connectivity index (χ1) is 11.2. The lowest BCUT2D eigenvalue weighted by atomic mass is 9.95. The molecule has 0 spiro atoms. The van der Waals surface area contributed by atoms with Crippen molar-refractivity contribution in [2.24, 2.45) is 0 Å². The third kappa shape index (κ3) is 8.50. The van der Waals surface area contributed by atoms with E-state index in [1.165, 1.54) is 7.11 Å². The maximum atomic E-state index is 11.6. The molecule has 1 rings (SSSR count). The summed E-state index contributed by atoms with van der Waals surface area (Å²) in [5, 5.41) is 0. The fourth-order valence-electron chi connectivity index (χ4n) is 1.96. The van der Waals surface area contributed by atoms with Gasteiger partial charge in [0.2, 0.25) is 0 Å². The summed E-state index contributed by atoms with van der Waals surface area (Å²) in [6.07, 6.45) is 4.10. The third-order valence-corrected chi connectivity index (χ3v) is 3.30. The Hall–Kier alpha value is -1.69. The van der Waals surface area contributed by atoms with E-state index < -0.39 is 0 Å². The minimum Gasteiger partial charge on any atom is -0.469 e. The number of methoxy groups -OCH3 is 2. The zero-order valence-electron chi connectivity index (χ0n) is 14.1. The van der Waals surface area contributed by atoms with Crippen molar-refractivity contribution in [3.8, 4) is 0 Å².